The lowest BCUT2D eigenvalue weighted by Crippen LogP contribution is -2.32. The van der Waals surface area contributed by atoms with Gasteiger partial charge >= 0.3 is 0 Å². The van der Waals surface area contributed by atoms with Gasteiger partial charge in [-0.3, -0.25) is 9.88 Å². The van der Waals surface area contributed by atoms with Crippen LogP contribution >= 0.6 is 0 Å². The minimum atomic E-state index is 0.562. The van der Waals surface area contributed by atoms with Crippen LogP contribution in [0.5, 0.6) is 0 Å². The smallest absolute Gasteiger partial charge is 0.0544 e. The molecule has 18 heavy (non-hydrogen) atoms. The Balaban J connectivity index is 2.52. The van der Waals surface area contributed by atoms with Gasteiger partial charge in [-0.05, 0) is 38.7 Å². The summed E-state index contributed by atoms with van der Waals surface area (Å²) in [5.74, 6) is 0. The first-order chi connectivity index (χ1) is 8.65. The van der Waals surface area contributed by atoms with Crippen LogP contribution in [-0.4, -0.2) is 48.5 Å². The van der Waals surface area contributed by atoms with Crippen LogP contribution in [0.25, 0.3) is 0 Å². The Hall–Kier alpha value is -0.970. The minimum Gasteiger partial charge on any atom is -0.326 e. The van der Waals surface area contributed by atoms with Gasteiger partial charge in [0.1, 0.15) is 0 Å². The van der Waals surface area contributed by atoms with Gasteiger partial charge in [-0.2, -0.15) is 0 Å². The Morgan fingerprint density at radius 3 is 2.44 bits per heavy atom. The minimum absolute atomic E-state index is 0.562. The van der Waals surface area contributed by atoms with Crippen molar-refractivity contribution in [3.63, 3.8) is 0 Å². The predicted molar refractivity (Wildman–Crippen MR) is 76.3 cm³/mol. The summed E-state index contributed by atoms with van der Waals surface area (Å²) < 4.78 is 0. The maximum Gasteiger partial charge on any atom is 0.0544 e. The van der Waals surface area contributed by atoms with E-state index in [9.17, 15) is 0 Å². The number of rotatable bonds is 8. The van der Waals surface area contributed by atoms with Gasteiger partial charge in [-0.15, -0.1) is 0 Å². The summed E-state index contributed by atoms with van der Waals surface area (Å²) in [6, 6.07) is 4.15. The van der Waals surface area contributed by atoms with Crippen LogP contribution in [0.3, 0.4) is 0 Å². The molecule has 0 atom stereocenters. The molecule has 0 amide bonds. The summed E-state index contributed by atoms with van der Waals surface area (Å²) in [4.78, 5) is 9.13. The molecule has 4 heteroatoms. The van der Waals surface area contributed by atoms with E-state index < -0.39 is 0 Å². The molecule has 0 saturated carbocycles. The van der Waals surface area contributed by atoms with Gasteiger partial charge in [0, 0.05) is 32.4 Å². The second-order valence-electron chi connectivity index (χ2n) is 4.94. The van der Waals surface area contributed by atoms with Gasteiger partial charge in [0.2, 0.25) is 0 Å². The zero-order chi connectivity index (χ0) is 13.4. The molecule has 4 nitrogen and oxygen atoms in total. The molecule has 0 aliphatic rings. The highest BCUT2D eigenvalue weighted by Crippen LogP contribution is 2.04. The van der Waals surface area contributed by atoms with Crippen LogP contribution in [0, 0.1) is 0 Å². The van der Waals surface area contributed by atoms with Crippen molar-refractivity contribution >= 4 is 0 Å². The van der Waals surface area contributed by atoms with Crippen LogP contribution < -0.4 is 5.73 Å². The number of pyridine rings is 1. The average Bonchev–Trinajstić information content (AvgIpc) is 2.37. The Morgan fingerprint density at radius 2 is 1.94 bits per heavy atom. The molecule has 0 aromatic carbocycles. The molecule has 0 aliphatic carbocycles. The van der Waals surface area contributed by atoms with E-state index in [0.29, 0.717) is 6.54 Å². The fourth-order valence-corrected chi connectivity index (χ4v) is 1.83. The first-order valence-electron chi connectivity index (χ1n) is 6.66. The monoisotopic (exact) mass is 250 g/mol. The lowest BCUT2D eigenvalue weighted by Gasteiger charge is -2.23. The molecule has 0 fully saturated rings. The van der Waals surface area contributed by atoms with Gasteiger partial charge in [0.15, 0.2) is 0 Å². The molecule has 0 aliphatic heterocycles. The van der Waals surface area contributed by atoms with E-state index >= 15 is 0 Å². The Kier molecular flexibility index (Phi) is 6.86. The second-order valence-corrected chi connectivity index (χ2v) is 4.94. The van der Waals surface area contributed by atoms with Crippen molar-refractivity contribution < 1.29 is 0 Å². The molecule has 0 bridgehead atoms. The summed E-state index contributed by atoms with van der Waals surface area (Å²) in [7, 11) is 4.22. The first kappa shape index (κ1) is 15.1. The van der Waals surface area contributed by atoms with Crippen LogP contribution in [0.1, 0.15) is 24.6 Å². The molecule has 0 unspecified atom stereocenters. The van der Waals surface area contributed by atoms with Crippen LogP contribution in [0.15, 0.2) is 18.3 Å². The molecule has 102 valence electrons. The Bertz CT molecular complexity index is 321. The third kappa shape index (κ3) is 5.58. The standard InChI is InChI=1S/C14H26N4/c1-4-7-18(9-8-17(2)3)12-14-6-5-13(10-15)11-16-14/h5-6,11H,4,7-10,12,15H2,1-3H3. The highest BCUT2D eigenvalue weighted by Gasteiger charge is 2.06. The number of nitrogens with zero attached hydrogens (tertiary/aromatic N) is 3. The van der Waals surface area contributed by atoms with E-state index in [1.165, 1.54) is 6.42 Å². The molecule has 1 rings (SSSR count). The van der Waals surface area contributed by atoms with Gasteiger partial charge in [0.05, 0.1) is 5.69 Å². The van der Waals surface area contributed by atoms with Crippen molar-refractivity contribution in [1.82, 2.24) is 14.8 Å². The number of nitrogens with two attached hydrogens (primary N) is 1. The summed E-state index contributed by atoms with van der Waals surface area (Å²) >= 11 is 0. The summed E-state index contributed by atoms with van der Waals surface area (Å²) in [5.41, 5.74) is 7.79. The van der Waals surface area contributed by atoms with Gasteiger partial charge in [0.25, 0.3) is 0 Å². The summed E-state index contributed by atoms with van der Waals surface area (Å²) in [5, 5.41) is 0. The lowest BCUT2D eigenvalue weighted by atomic mass is 10.2. The molecule has 0 spiro atoms. The average molecular weight is 250 g/mol. The normalized spacial score (nSPS) is 11.4. The van der Waals surface area contributed by atoms with Crippen molar-refractivity contribution in [3.8, 4) is 0 Å². The molecular weight excluding hydrogens is 224 g/mol. The Morgan fingerprint density at radius 1 is 1.17 bits per heavy atom. The molecule has 0 saturated heterocycles. The molecule has 0 radical (unpaired) electrons. The summed E-state index contributed by atoms with van der Waals surface area (Å²) in [6.07, 6.45) is 3.06. The number of aromatic nitrogens is 1. The highest BCUT2D eigenvalue weighted by atomic mass is 15.2. The van der Waals surface area contributed by atoms with Crippen molar-refractivity contribution in [2.75, 3.05) is 33.7 Å². The molecule has 1 aromatic rings. The Labute approximate surface area is 111 Å². The fourth-order valence-electron chi connectivity index (χ4n) is 1.83. The van der Waals surface area contributed by atoms with Crippen molar-refractivity contribution in [3.05, 3.63) is 29.6 Å². The largest absolute Gasteiger partial charge is 0.326 e. The number of likely N-dealkylation sites (N-methyl/N-ethyl adjacent to an activating group) is 1. The number of hydrogen-bond acceptors (Lipinski definition) is 4. The maximum atomic E-state index is 5.57. The first-order valence-corrected chi connectivity index (χ1v) is 6.66. The third-order valence-electron chi connectivity index (χ3n) is 2.91. The third-order valence-corrected chi connectivity index (χ3v) is 2.91. The quantitative estimate of drug-likeness (QED) is 0.756. The topological polar surface area (TPSA) is 45.4 Å². The van der Waals surface area contributed by atoms with E-state index in [1.54, 1.807) is 0 Å². The summed E-state index contributed by atoms with van der Waals surface area (Å²) in [6.45, 7) is 6.99. The van der Waals surface area contributed by atoms with Gasteiger partial charge in [-0.1, -0.05) is 13.0 Å². The highest BCUT2D eigenvalue weighted by molar-refractivity contribution is 5.13. The van der Waals surface area contributed by atoms with E-state index in [-0.39, 0.29) is 0 Å². The molecule has 2 N–H and O–H groups in total. The molecule has 1 aromatic heterocycles. The second kappa shape index (κ2) is 8.19. The zero-order valence-corrected chi connectivity index (χ0v) is 11.9. The van der Waals surface area contributed by atoms with E-state index in [0.717, 1.165) is 37.4 Å². The zero-order valence-electron chi connectivity index (χ0n) is 11.9. The van der Waals surface area contributed by atoms with Gasteiger partial charge < -0.3 is 10.6 Å². The van der Waals surface area contributed by atoms with Gasteiger partial charge in [-0.25, -0.2) is 0 Å². The van der Waals surface area contributed by atoms with Crippen LogP contribution in [-0.2, 0) is 13.1 Å². The van der Waals surface area contributed by atoms with E-state index in [1.807, 2.05) is 6.20 Å². The van der Waals surface area contributed by atoms with Crippen molar-refractivity contribution in [2.45, 2.75) is 26.4 Å². The van der Waals surface area contributed by atoms with Crippen LogP contribution in [0.4, 0.5) is 0 Å². The fraction of sp³-hybridized carbons (Fsp3) is 0.643. The van der Waals surface area contributed by atoms with E-state index in [4.69, 9.17) is 5.73 Å². The van der Waals surface area contributed by atoms with Crippen LogP contribution in [0.2, 0.25) is 0 Å². The lowest BCUT2D eigenvalue weighted by molar-refractivity contribution is 0.232. The van der Waals surface area contributed by atoms with E-state index in [2.05, 4.69) is 47.9 Å². The number of hydrogen-bond donors (Lipinski definition) is 1. The molecule has 1 heterocycles. The molecular formula is C14H26N4. The SMILES string of the molecule is CCCN(CCN(C)C)Cc1ccc(CN)cn1. The van der Waals surface area contributed by atoms with Crippen molar-refractivity contribution in [2.24, 2.45) is 5.73 Å². The predicted octanol–water partition coefficient (Wildman–Crippen LogP) is 1.31. The van der Waals surface area contributed by atoms with Crippen molar-refractivity contribution in [1.29, 1.82) is 0 Å². The maximum absolute atomic E-state index is 5.57.